The lowest BCUT2D eigenvalue weighted by Gasteiger charge is -2.16. The van der Waals surface area contributed by atoms with Crippen LogP contribution in [0.25, 0.3) is 5.69 Å². The van der Waals surface area contributed by atoms with Crippen LogP contribution in [0.2, 0.25) is 0 Å². The summed E-state index contributed by atoms with van der Waals surface area (Å²) in [5.41, 5.74) is 0.800. The molecule has 2 rings (SSSR count). The highest BCUT2D eigenvalue weighted by atomic mass is 16.4. The first kappa shape index (κ1) is 12.2. The van der Waals surface area contributed by atoms with E-state index in [1.54, 1.807) is 16.8 Å². The van der Waals surface area contributed by atoms with Crippen LogP contribution in [-0.4, -0.2) is 31.3 Å². The molecule has 0 saturated heterocycles. The Bertz CT molecular complexity index is 567. The highest BCUT2D eigenvalue weighted by molar-refractivity contribution is 5.87. The maximum absolute atomic E-state index is 10.8. The number of rotatable bonds is 2. The normalized spacial score (nSPS) is 11.5. The van der Waals surface area contributed by atoms with Crippen molar-refractivity contribution in [2.24, 2.45) is 0 Å². The van der Waals surface area contributed by atoms with Crippen LogP contribution in [-0.2, 0) is 5.41 Å². The van der Waals surface area contributed by atoms with Gasteiger partial charge in [0.2, 0.25) is 0 Å². The maximum Gasteiger partial charge on any atom is 0.335 e. The number of nitrogens with zero attached hydrogens (tertiary/aromatic N) is 4. The molecular weight excluding hydrogens is 232 g/mol. The quantitative estimate of drug-likeness (QED) is 0.871. The molecule has 0 bridgehead atoms. The number of aromatic carboxylic acids is 1. The summed E-state index contributed by atoms with van der Waals surface area (Å²) in [6, 6.07) is 6.45. The predicted molar refractivity (Wildman–Crippen MR) is 64.8 cm³/mol. The molecule has 1 N–H and O–H groups in total. The number of carboxylic acid groups (broad SMARTS) is 1. The van der Waals surface area contributed by atoms with E-state index in [0.717, 1.165) is 11.5 Å². The van der Waals surface area contributed by atoms with Gasteiger partial charge in [0, 0.05) is 5.41 Å². The molecule has 18 heavy (non-hydrogen) atoms. The molecule has 0 aliphatic rings. The lowest BCUT2D eigenvalue weighted by Crippen LogP contribution is -2.18. The third-order valence-electron chi connectivity index (χ3n) is 2.50. The van der Waals surface area contributed by atoms with Crippen molar-refractivity contribution in [2.45, 2.75) is 26.2 Å². The van der Waals surface area contributed by atoms with Crippen LogP contribution in [0.15, 0.2) is 24.3 Å². The minimum absolute atomic E-state index is 0.186. The number of tetrazole rings is 1. The molecule has 6 nitrogen and oxygen atoms in total. The number of hydrogen-bond donors (Lipinski definition) is 1. The lowest BCUT2D eigenvalue weighted by molar-refractivity contribution is 0.0697. The van der Waals surface area contributed by atoms with Gasteiger partial charge in [-0.25, -0.2) is 4.79 Å². The second-order valence-corrected chi connectivity index (χ2v) is 5.02. The van der Waals surface area contributed by atoms with E-state index in [1.165, 1.54) is 12.1 Å². The first-order chi connectivity index (χ1) is 8.39. The van der Waals surface area contributed by atoms with E-state index in [1.807, 2.05) is 20.8 Å². The summed E-state index contributed by atoms with van der Waals surface area (Å²) in [6.07, 6.45) is 0. The Hall–Kier alpha value is -2.24. The third-order valence-corrected chi connectivity index (χ3v) is 2.50. The van der Waals surface area contributed by atoms with Crippen molar-refractivity contribution < 1.29 is 9.90 Å². The van der Waals surface area contributed by atoms with E-state index in [-0.39, 0.29) is 11.0 Å². The summed E-state index contributed by atoms with van der Waals surface area (Å²) in [7, 11) is 0. The van der Waals surface area contributed by atoms with Gasteiger partial charge in [-0.3, -0.25) is 0 Å². The van der Waals surface area contributed by atoms with E-state index in [2.05, 4.69) is 15.5 Å². The molecule has 0 atom stereocenters. The summed E-state index contributed by atoms with van der Waals surface area (Å²) < 4.78 is 1.62. The van der Waals surface area contributed by atoms with Crippen LogP contribution in [0.5, 0.6) is 0 Å². The number of carbonyl (C=O) groups is 1. The van der Waals surface area contributed by atoms with Gasteiger partial charge in [0.15, 0.2) is 5.82 Å². The molecule has 0 radical (unpaired) electrons. The molecule has 0 amide bonds. The standard InChI is InChI=1S/C12H14N4O2/c1-12(2,3)11-13-14-15-16(11)9-6-4-8(5-7-9)10(17)18/h4-7H,1-3H3,(H,17,18). The fourth-order valence-electron chi connectivity index (χ4n) is 1.57. The summed E-state index contributed by atoms with van der Waals surface area (Å²) >= 11 is 0. The van der Waals surface area contributed by atoms with Gasteiger partial charge in [-0.15, -0.1) is 5.10 Å². The van der Waals surface area contributed by atoms with Crippen LogP contribution < -0.4 is 0 Å². The van der Waals surface area contributed by atoms with Crippen molar-refractivity contribution in [1.82, 2.24) is 20.2 Å². The SMILES string of the molecule is CC(C)(C)c1nnnn1-c1ccc(C(=O)O)cc1. The molecule has 0 fully saturated rings. The van der Waals surface area contributed by atoms with Crippen molar-refractivity contribution in [1.29, 1.82) is 0 Å². The Labute approximate surface area is 104 Å². The van der Waals surface area contributed by atoms with Gasteiger partial charge in [-0.2, -0.15) is 4.68 Å². The Morgan fingerprint density at radius 2 is 1.83 bits per heavy atom. The van der Waals surface area contributed by atoms with Crippen LogP contribution >= 0.6 is 0 Å². The number of benzene rings is 1. The Morgan fingerprint density at radius 3 is 2.33 bits per heavy atom. The van der Waals surface area contributed by atoms with Gasteiger partial charge in [-0.05, 0) is 34.7 Å². The largest absolute Gasteiger partial charge is 0.478 e. The average Bonchev–Trinajstić information content (AvgIpc) is 2.77. The van der Waals surface area contributed by atoms with E-state index in [9.17, 15) is 4.79 Å². The Kier molecular flexibility index (Phi) is 2.86. The molecule has 1 aromatic heterocycles. The topological polar surface area (TPSA) is 80.9 Å². The molecular formula is C12H14N4O2. The van der Waals surface area contributed by atoms with Crippen molar-refractivity contribution in [3.8, 4) is 5.69 Å². The molecule has 1 heterocycles. The molecule has 0 unspecified atom stereocenters. The minimum atomic E-state index is -0.950. The van der Waals surface area contributed by atoms with Crippen molar-refractivity contribution >= 4 is 5.97 Å². The van der Waals surface area contributed by atoms with Crippen LogP contribution in [0.1, 0.15) is 37.0 Å². The van der Waals surface area contributed by atoms with Gasteiger partial charge >= 0.3 is 5.97 Å². The zero-order chi connectivity index (χ0) is 13.3. The second kappa shape index (κ2) is 4.21. The zero-order valence-corrected chi connectivity index (χ0v) is 10.5. The van der Waals surface area contributed by atoms with E-state index >= 15 is 0 Å². The van der Waals surface area contributed by atoms with Crippen molar-refractivity contribution in [2.75, 3.05) is 0 Å². The fraction of sp³-hybridized carbons (Fsp3) is 0.333. The van der Waals surface area contributed by atoms with Crippen LogP contribution in [0, 0.1) is 0 Å². The van der Waals surface area contributed by atoms with Crippen LogP contribution in [0.3, 0.4) is 0 Å². The van der Waals surface area contributed by atoms with Gasteiger partial charge in [-0.1, -0.05) is 20.8 Å². The minimum Gasteiger partial charge on any atom is -0.478 e. The average molecular weight is 246 g/mol. The summed E-state index contributed by atoms with van der Waals surface area (Å²) in [5, 5.41) is 20.5. The monoisotopic (exact) mass is 246 g/mol. The first-order valence-electron chi connectivity index (χ1n) is 5.52. The van der Waals surface area contributed by atoms with Gasteiger partial charge in [0.25, 0.3) is 0 Å². The van der Waals surface area contributed by atoms with Gasteiger partial charge in [0.1, 0.15) is 0 Å². The van der Waals surface area contributed by atoms with E-state index in [0.29, 0.717) is 0 Å². The lowest BCUT2D eigenvalue weighted by atomic mass is 9.96. The summed E-state index contributed by atoms with van der Waals surface area (Å²) in [5.74, 6) is -0.222. The molecule has 1 aromatic carbocycles. The molecule has 0 saturated carbocycles. The summed E-state index contributed by atoms with van der Waals surface area (Å²) in [4.78, 5) is 10.8. The maximum atomic E-state index is 10.8. The molecule has 0 aliphatic carbocycles. The first-order valence-corrected chi connectivity index (χ1v) is 5.52. The second-order valence-electron chi connectivity index (χ2n) is 5.02. The number of hydrogen-bond acceptors (Lipinski definition) is 4. The molecule has 2 aromatic rings. The van der Waals surface area contributed by atoms with Gasteiger partial charge in [0.05, 0.1) is 11.3 Å². The predicted octanol–water partition coefficient (Wildman–Crippen LogP) is 1.66. The van der Waals surface area contributed by atoms with E-state index in [4.69, 9.17) is 5.11 Å². The van der Waals surface area contributed by atoms with Crippen molar-refractivity contribution in [3.63, 3.8) is 0 Å². The third kappa shape index (κ3) is 2.22. The molecule has 0 spiro atoms. The van der Waals surface area contributed by atoms with E-state index < -0.39 is 5.97 Å². The smallest absolute Gasteiger partial charge is 0.335 e. The number of carboxylic acids is 1. The van der Waals surface area contributed by atoms with Crippen molar-refractivity contribution in [3.05, 3.63) is 35.7 Å². The Morgan fingerprint density at radius 1 is 1.22 bits per heavy atom. The fourth-order valence-corrected chi connectivity index (χ4v) is 1.57. The molecule has 0 aliphatic heterocycles. The Balaban J connectivity index is 2.44. The highest BCUT2D eigenvalue weighted by Crippen LogP contribution is 2.21. The molecule has 6 heteroatoms. The summed E-state index contributed by atoms with van der Waals surface area (Å²) in [6.45, 7) is 6.04. The highest BCUT2D eigenvalue weighted by Gasteiger charge is 2.22. The van der Waals surface area contributed by atoms with Crippen LogP contribution in [0.4, 0.5) is 0 Å². The zero-order valence-electron chi connectivity index (χ0n) is 10.5. The number of aromatic nitrogens is 4. The van der Waals surface area contributed by atoms with Gasteiger partial charge < -0.3 is 5.11 Å². The molecule has 94 valence electrons.